The summed E-state index contributed by atoms with van der Waals surface area (Å²) in [7, 11) is 0. The Labute approximate surface area is 174 Å². The number of hydrogen-bond donors (Lipinski definition) is 1. The van der Waals surface area contributed by atoms with Gasteiger partial charge in [-0.15, -0.1) is 0 Å². The third-order valence-corrected chi connectivity index (χ3v) is 5.66. The third kappa shape index (κ3) is 5.69. The fourth-order valence-electron chi connectivity index (χ4n) is 3.61. The standard InChI is InChI=1S/C20H25ClN6O2/c1-13-25-19(21)16(20(22)26-13)3-2-14-7-10-27(11-8-14)18(29)5-4-17(28)15-6-9-23-24-12-15/h6,9,12,14H,2-5,7-8,10-11H2,1H3,(H2,22,25,26). The molecule has 0 aromatic carbocycles. The van der Waals surface area contributed by atoms with Gasteiger partial charge in [-0.2, -0.15) is 10.2 Å². The molecule has 1 saturated heterocycles. The van der Waals surface area contributed by atoms with Crippen LogP contribution >= 0.6 is 11.6 Å². The molecule has 0 spiro atoms. The molecule has 9 heteroatoms. The molecule has 3 heterocycles. The number of aromatic nitrogens is 4. The Morgan fingerprint density at radius 2 is 1.97 bits per heavy atom. The zero-order valence-electron chi connectivity index (χ0n) is 16.5. The number of likely N-dealkylation sites (tertiary alicyclic amines) is 1. The molecule has 3 rings (SSSR count). The molecule has 2 aromatic heterocycles. The lowest BCUT2D eigenvalue weighted by Crippen LogP contribution is -2.38. The highest BCUT2D eigenvalue weighted by atomic mass is 35.5. The fourth-order valence-corrected chi connectivity index (χ4v) is 3.92. The van der Waals surface area contributed by atoms with E-state index in [4.69, 9.17) is 17.3 Å². The molecule has 0 radical (unpaired) electrons. The number of hydrogen-bond acceptors (Lipinski definition) is 7. The maximum atomic E-state index is 12.4. The second kappa shape index (κ2) is 9.73. The van der Waals surface area contributed by atoms with Gasteiger partial charge in [0.1, 0.15) is 16.8 Å². The summed E-state index contributed by atoms with van der Waals surface area (Å²) in [5.41, 5.74) is 7.27. The minimum absolute atomic E-state index is 0.0260. The van der Waals surface area contributed by atoms with Crippen molar-refractivity contribution in [1.82, 2.24) is 25.1 Å². The molecule has 29 heavy (non-hydrogen) atoms. The fraction of sp³-hybridized carbons (Fsp3) is 0.500. The maximum absolute atomic E-state index is 12.4. The van der Waals surface area contributed by atoms with E-state index >= 15 is 0 Å². The number of nitrogen functional groups attached to an aromatic ring is 1. The number of nitrogens with two attached hydrogens (primary N) is 1. The van der Waals surface area contributed by atoms with Crippen LogP contribution in [0.4, 0.5) is 5.82 Å². The largest absolute Gasteiger partial charge is 0.383 e. The van der Waals surface area contributed by atoms with Gasteiger partial charge >= 0.3 is 0 Å². The van der Waals surface area contributed by atoms with Gasteiger partial charge in [-0.05, 0) is 44.6 Å². The first-order valence-electron chi connectivity index (χ1n) is 9.80. The molecule has 2 N–H and O–H groups in total. The topological polar surface area (TPSA) is 115 Å². The van der Waals surface area contributed by atoms with Gasteiger partial charge in [-0.1, -0.05) is 11.6 Å². The van der Waals surface area contributed by atoms with Crippen molar-refractivity contribution in [2.24, 2.45) is 5.92 Å². The van der Waals surface area contributed by atoms with Gasteiger partial charge in [0, 0.05) is 37.1 Å². The van der Waals surface area contributed by atoms with E-state index in [0.29, 0.717) is 41.4 Å². The van der Waals surface area contributed by atoms with Crippen molar-refractivity contribution >= 4 is 29.1 Å². The molecule has 0 saturated carbocycles. The summed E-state index contributed by atoms with van der Waals surface area (Å²) in [6.07, 6.45) is 6.84. The number of halogens is 1. The van der Waals surface area contributed by atoms with Gasteiger partial charge in [-0.25, -0.2) is 9.97 Å². The Kier molecular flexibility index (Phi) is 7.09. The minimum atomic E-state index is -0.0853. The van der Waals surface area contributed by atoms with Crippen molar-refractivity contribution in [2.75, 3.05) is 18.8 Å². The minimum Gasteiger partial charge on any atom is -0.383 e. The Morgan fingerprint density at radius 3 is 2.62 bits per heavy atom. The van der Waals surface area contributed by atoms with Crippen LogP contribution in [0.25, 0.3) is 0 Å². The highest BCUT2D eigenvalue weighted by Crippen LogP contribution is 2.27. The van der Waals surface area contributed by atoms with Crippen LogP contribution in [-0.2, 0) is 11.2 Å². The van der Waals surface area contributed by atoms with E-state index in [9.17, 15) is 9.59 Å². The quantitative estimate of drug-likeness (QED) is 0.544. The Balaban J connectivity index is 1.42. The van der Waals surface area contributed by atoms with Gasteiger partial charge in [0.05, 0.1) is 12.4 Å². The summed E-state index contributed by atoms with van der Waals surface area (Å²) in [5, 5.41) is 7.78. The molecule has 0 bridgehead atoms. The summed E-state index contributed by atoms with van der Waals surface area (Å²) >= 11 is 6.20. The second-order valence-corrected chi connectivity index (χ2v) is 7.70. The van der Waals surface area contributed by atoms with Crippen LogP contribution in [0.3, 0.4) is 0 Å². The van der Waals surface area contributed by atoms with Crippen molar-refractivity contribution in [3.63, 3.8) is 0 Å². The van der Waals surface area contributed by atoms with Gasteiger partial charge in [0.25, 0.3) is 0 Å². The smallest absolute Gasteiger partial charge is 0.223 e. The van der Waals surface area contributed by atoms with Gasteiger partial charge in [-0.3, -0.25) is 9.59 Å². The summed E-state index contributed by atoms with van der Waals surface area (Å²) in [6, 6.07) is 1.61. The molecule has 1 aliphatic heterocycles. The molecular formula is C20H25ClN6O2. The highest BCUT2D eigenvalue weighted by molar-refractivity contribution is 6.30. The van der Waals surface area contributed by atoms with Crippen molar-refractivity contribution in [3.05, 3.63) is 40.6 Å². The van der Waals surface area contributed by atoms with E-state index in [1.807, 2.05) is 4.90 Å². The summed E-state index contributed by atoms with van der Waals surface area (Å²) in [4.78, 5) is 34.8. The summed E-state index contributed by atoms with van der Waals surface area (Å²) in [6.45, 7) is 3.19. The first-order chi connectivity index (χ1) is 13.9. The van der Waals surface area contributed by atoms with E-state index < -0.39 is 0 Å². The number of anilines is 1. The van der Waals surface area contributed by atoms with Crippen LogP contribution in [0.1, 0.15) is 53.8 Å². The molecule has 1 aliphatic rings. The number of carbonyl (C=O) groups is 2. The lowest BCUT2D eigenvalue weighted by atomic mass is 9.90. The molecule has 1 amide bonds. The Morgan fingerprint density at radius 1 is 1.21 bits per heavy atom. The second-order valence-electron chi connectivity index (χ2n) is 7.34. The van der Waals surface area contributed by atoms with E-state index in [1.165, 1.54) is 12.4 Å². The molecule has 2 aromatic rings. The highest BCUT2D eigenvalue weighted by Gasteiger charge is 2.24. The van der Waals surface area contributed by atoms with Crippen LogP contribution in [0.2, 0.25) is 5.15 Å². The lowest BCUT2D eigenvalue weighted by molar-refractivity contribution is -0.132. The third-order valence-electron chi connectivity index (χ3n) is 5.34. The van der Waals surface area contributed by atoms with E-state index in [1.54, 1.807) is 13.0 Å². The normalized spacial score (nSPS) is 14.8. The molecule has 1 fully saturated rings. The van der Waals surface area contributed by atoms with Crippen LogP contribution in [0, 0.1) is 12.8 Å². The first-order valence-corrected chi connectivity index (χ1v) is 10.2. The first kappa shape index (κ1) is 21.1. The monoisotopic (exact) mass is 416 g/mol. The average molecular weight is 417 g/mol. The van der Waals surface area contributed by atoms with Crippen LogP contribution in [-0.4, -0.2) is 49.8 Å². The summed E-state index contributed by atoms with van der Waals surface area (Å²) < 4.78 is 0. The maximum Gasteiger partial charge on any atom is 0.223 e. The number of ketones is 1. The van der Waals surface area contributed by atoms with Gasteiger partial charge in [0.15, 0.2) is 5.78 Å². The number of Topliss-reactive ketones (excluding diaryl/α,β-unsaturated/α-hetero) is 1. The predicted octanol–water partition coefficient (Wildman–Crippen LogP) is 2.64. The van der Waals surface area contributed by atoms with Gasteiger partial charge < -0.3 is 10.6 Å². The molecule has 0 aliphatic carbocycles. The average Bonchev–Trinajstić information content (AvgIpc) is 2.72. The van der Waals surface area contributed by atoms with Crippen LogP contribution < -0.4 is 5.73 Å². The molecular weight excluding hydrogens is 392 g/mol. The van der Waals surface area contributed by atoms with Crippen molar-refractivity contribution < 1.29 is 9.59 Å². The molecule has 8 nitrogen and oxygen atoms in total. The number of carbonyl (C=O) groups excluding carboxylic acids is 2. The number of amides is 1. The van der Waals surface area contributed by atoms with Crippen LogP contribution in [0.5, 0.6) is 0 Å². The Bertz CT molecular complexity index is 846. The number of piperidine rings is 1. The zero-order chi connectivity index (χ0) is 20.8. The van der Waals surface area contributed by atoms with Crippen molar-refractivity contribution in [3.8, 4) is 0 Å². The van der Waals surface area contributed by atoms with Crippen molar-refractivity contribution in [1.29, 1.82) is 0 Å². The predicted molar refractivity (Wildman–Crippen MR) is 109 cm³/mol. The van der Waals surface area contributed by atoms with Gasteiger partial charge in [0.2, 0.25) is 5.91 Å². The Hall–Kier alpha value is -2.61. The number of aryl methyl sites for hydroxylation is 1. The summed E-state index contributed by atoms with van der Waals surface area (Å²) in [5.74, 6) is 1.46. The number of nitrogens with zero attached hydrogens (tertiary/aromatic N) is 5. The molecule has 0 atom stereocenters. The molecule has 154 valence electrons. The van der Waals surface area contributed by atoms with E-state index in [-0.39, 0.29) is 24.5 Å². The van der Waals surface area contributed by atoms with E-state index in [2.05, 4.69) is 20.2 Å². The van der Waals surface area contributed by atoms with Crippen LogP contribution in [0.15, 0.2) is 18.5 Å². The lowest BCUT2D eigenvalue weighted by Gasteiger charge is -2.32. The van der Waals surface area contributed by atoms with E-state index in [0.717, 1.165) is 31.2 Å². The number of rotatable bonds is 7. The SMILES string of the molecule is Cc1nc(N)c(CCC2CCN(C(=O)CCC(=O)c3ccnnc3)CC2)c(Cl)n1. The molecule has 0 unspecified atom stereocenters. The van der Waals surface area contributed by atoms with Crippen molar-refractivity contribution in [2.45, 2.75) is 45.4 Å². The zero-order valence-corrected chi connectivity index (χ0v) is 17.2.